The Hall–Kier alpha value is -2.43. The summed E-state index contributed by atoms with van der Waals surface area (Å²) in [5.41, 5.74) is -1.50. The molecule has 10 heteroatoms. The van der Waals surface area contributed by atoms with Crippen LogP contribution in [0.5, 0.6) is 0 Å². The molecule has 3 fully saturated rings. The molecule has 2 aliphatic heterocycles. The van der Waals surface area contributed by atoms with Gasteiger partial charge in [0.25, 0.3) is 5.91 Å². The Labute approximate surface area is 196 Å². The summed E-state index contributed by atoms with van der Waals surface area (Å²) in [6, 6.07) is 10.5. The molecule has 6 nitrogen and oxygen atoms in total. The molecule has 2 heterocycles. The molecular weight excluding hydrogens is 469 g/mol. The van der Waals surface area contributed by atoms with Crippen LogP contribution in [0, 0.1) is 11.2 Å². The number of hydrogen-bond donors (Lipinski definition) is 1. The van der Waals surface area contributed by atoms with Gasteiger partial charge in [0.1, 0.15) is 5.82 Å². The van der Waals surface area contributed by atoms with Crippen LogP contribution in [-0.4, -0.2) is 62.7 Å². The van der Waals surface area contributed by atoms with E-state index in [0.717, 1.165) is 0 Å². The van der Waals surface area contributed by atoms with Gasteiger partial charge in [-0.3, -0.25) is 4.79 Å². The predicted molar refractivity (Wildman–Crippen MR) is 119 cm³/mol. The largest absolute Gasteiger partial charge is 0.373 e. The Kier molecular flexibility index (Phi) is 5.73. The zero-order valence-corrected chi connectivity index (χ0v) is 19.2. The Morgan fingerprint density at radius 1 is 1.12 bits per heavy atom. The number of likely N-dealkylation sites (tertiary alicyclic amines) is 1. The number of sulfonamides is 1. The van der Waals surface area contributed by atoms with E-state index < -0.39 is 50.9 Å². The molecular formula is C24H25F3N2O4S. The quantitative estimate of drug-likeness (QED) is 0.642. The van der Waals surface area contributed by atoms with Crippen LogP contribution in [0.15, 0.2) is 48.5 Å². The second-order valence-electron chi connectivity index (χ2n) is 9.49. The molecule has 34 heavy (non-hydrogen) atoms. The Morgan fingerprint density at radius 3 is 2.41 bits per heavy atom. The van der Waals surface area contributed by atoms with Gasteiger partial charge >= 0.3 is 0 Å². The average molecular weight is 495 g/mol. The minimum absolute atomic E-state index is 0.0452. The topological polar surface area (TPSA) is 75.7 Å². The number of nitrogens with zero attached hydrogens (tertiary/aromatic N) is 1. The molecule has 5 rings (SSSR count). The van der Waals surface area contributed by atoms with Crippen LogP contribution in [-0.2, 0) is 26.0 Å². The number of carbonyl (C=O) groups is 1. The number of rotatable bonds is 7. The lowest BCUT2D eigenvalue weighted by molar-refractivity contribution is -0.178. The third kappa shape index (κ3) is 4.01. The molecule has 0 unspecified atom stereocenters. The summed E-state index contributed by atoms with van der Waals surface area (Å²) in [5, 5.41) is 0. The Morgan fingerprint density at radius 2 is 1.82 bits per heavy atom. The van der Waals surface area contributed by atoms with Gasteiger partial charge in [-0.2, -0.15) is 0 Å². The van der Waals surface area contributed by atoms with Gasteiger partial charge < -0.3 is 9.64 Å². The second-order valence-corrected chi connectivity index (χ2v) is 11.2. The third-order valence-corrected chi connectivity index (χ3v) is 8.07. The smallest absolute Gasteiger partial charge is 0.265 e. The average Bonchev–Trinajstić information content (AvgIpc) is 3.54. The predicted octanol–water partition coefficient (Wildman–Crippen LogP) is 2.98. The van der Waals surface area contributed by atoms with E-state index >= 15 is 8.78 Å². The maximum Gasteiger partial charge on any atom is 0.265 e. The van der Waals surface area contributed by atoms with E-state index in [2.05, 4.69) is 4.72 Å². The van der Waals surface area contributed by atoms with Crippen molar-refractivity contribution in [3.05, 3.63) is 59.9 Å². The van der Waals surface area contributed by atoms with Crippen LogP contribution < -0.4 is 4.72 Å². The van der Waals surface area contributed by atoms with Gasteiger partial charge in [0, 0.05) is 23.6 Å². The molecule has 1 aliphatic carbocycles. The first kappa shape index (κ1) is 23.3. The van der Waals surface area contributed by atoms with Crippen molar-refractivity contribution in [2.75, 3.05) is 25.8 Å². The molecule has 2 aromatic rings. The first-order chi connectivity index (χ1) is 16.2. The summed E-state index contributed by atoms with van der Waals surface area (Å²) in [6.07, 6.45) is 1.17. The summed E-state index contributed by atoms with van der Waals surface area (Å²) in [5.74, 6) is -1.29. The molecule has 2 atom stereocenters. The maximum absolute atomic E-state index is 15.6. The van der Waals surface area contributed by atoms with E-state index in [4.69, 9.17) is 4.74 Å². The molecule has 182 valence electrons. The highest BCUT2D eigenvalue weighted by atomic mass is 32.2. The fourth-order valence-corrected chi connectivity index (χ4v) is 5.97. The van der Waals surface area contributed by atoms with Gasteiger partial charge in [0.15, 0.2) is 0 Å². The van der Waals surface area contributed by atoms with Crippen molar-refractivity contribution in [1.82, 2.24) is 9.62 Å². The highest BCUT2D eigenvalue weighted by Gasteiger charge is 2.64. The first-order valence-corrected chi connectivity index (χ1v) is 12.8. The summed E-state index contributed by atoms with van der Waals surface area (Å²) in [7, 11) is -4.26. The molecule has 0 radical (unpaired) electrons. The number of halogens is 3. The number of carbonyl (C=O) groups excluding carboxylic acids is 1. The van der Waals surface area contributed by atoms with Gasteiger partial charge in [-0.25, -0.2) is 26.3 Å². The van der Waals surface area contributed by atoms with Crippen molar-refractivity contribution in [3.63, 3.8) is 0 Å². The van der Waals surface area contributed by atoms with Gasteiger partial charge in [-0.15, -0.1) is 0 Å². The Balaban J connectivity index is 1.52. The normalized spacial score (nSPS) is 24.7. The van der Waals surface area contributed by atoms with E-state index in [1.165, 1.54) is 4.90 Å². The van der Waals surface area contributed by atoms with Gasteiger partial charge in [0.05, 0.1) is 19.3 Å². The second kappa shape index (κ2) is 8.35. The van der Waals surface area contributed by atoms with Gasteiger partial charge in [-0.1, -0.05) is 48.5 Å². The lowest BCUT2D eigenvalue weighted by Crippen LogP contribution is -2.60. The van der Waals surface area contributed by atoms with Crippen LogP contribution in [0.25, 0.3) is 11.1 Å². The van der Waals surface area contributed by atoms with Crippen LogP contribution in [0.3, 0.4) is 0 Å². The van der Waals surface area contributed by atoms with Gasteiger partial charge in [-0.05, 0) is 30.4 Å². The lowest BCUT2D eigenvalue weighted by atomic mass is 9.91. The molecule has 0 bridgehead atoms. The van der Waals surface area contributed by atoms with Gasteiger partial charge in [0.2, 0.25) is 21.7 Å². The maximum atomic E-state index is 15.6. The third-order valence-electron chi connectivity index (χ3n) is 7.17. The van der Waals surface area contributed by atoms with Crippen molar-refractivity contribution in [1.29, 1.82) is 0 Å². The van der Waals surface area contributed by atoms with Crippen molar-refractivity contribution < 1.29 is 31.1 Å². The molecule has 0 aromatic heterocycles. The van der Waals surface area contributed by atoms with Crippen LogP contribution >= 0.6 is 0 Å². The lowest BCUT2D eigenvalue weighted by Gasteiger charge is -2.38. The summed E-state index contributed by atoms with van der Waals surface area (Å²) in [4.78, 5) is 14.5. The number of alkyl halides is 2. The van der Waals surface area contributed by atoms with E-state index in [1.54, 1.807) is 42.5 Å². The zero-order valence-electron chi connectivity index (χ0n) is 18.3. The fourth-order valence-electron chi connectivity index (χ4n) is 5.12. The molecule has 2 saturated heterocycles. The zero-order chi connectivity index (χ0) is 24.1. The van der Waals surface area contributed by atoms with E-state index in [1.807, 2.05) is 6.07 Å². The molecule has 1 spiro atoms. The van der Waals surface area contributed by atoms with E-state index in [-0.39, 0.29) is 31.7 Å². The van der Waals surface area contributed by atoms with E-state index in [9.17, 15) is 17.6 Å². The summed E-state index contributed by atoms with van der Waals surface area (Å²) in [6.45, 7) is -0.622. The summed E-state index contributed by atoms with van der Waals surface area (Å²) < 4.78 is 75.4. The standard InChI is InChI=1S/C24H25F3N2O4S/c25-15-34(31,32)28-21-19(29(12-23(21)9-10-23)22(30)24(27)13-33-14-24)11-17-7-4-8-18(20(17)26)16-5-2-1-3-6-16/h1-8,19,21,28H,9-15H2/t19-,21+/m0/s1. The molecule has 1 amide bonds. The highest BCUT2D eigenvalue weighted by molar-refractivity contribution is 7.89. The number of hydrogen-bond acceptors (Lipinski definition) is 4. The van der Waals surface area contributed by atoms with Crippen LogP contribution in [0.1, 0.15) is 18.4 Å². The molecule has 3 aliphatic rings. The van der Waals surface area contributed by atoms with Crippen molar-refractivity contribution in [2.45, 2.75) is 37.0 Å². The van der Waals surface area contributed by atoms with Crippen molar-refractivity contribution in [3.8, 4) is 11.1 Å². The summed E-state index contributed by atoms with van der Waals surface area (Å²) >= 11 is 0. The Bertz CT molecular complexity index is 1200. The number of amides is 1. The molecule has 2 aromatic carbocycles. The monoisotopic (exact) mass is 494 g/mol. The minimum Gasteiger partial charge on any atom is -0.373 e. The number of nitrogens with one attached hydrogen (secondary N) is 1. The van der Waals surface area contributed by atoms with Crippen LogP contribution in [0.2, 0.25) is 0 Å². The van der Waals surface area contributed by atoms with Crippen LogP contribution in [0.4, 0.5) is 13.2 Å². The van der Waals surface area contributed by atoms with E-state index in [0.29, 0.717) is 24.0 Å². The SMILES string of the molecule is O=C(N1CC2(CC2)[C@H](NS(=O)(=O)CF)[C@@H]1Cc1cccc(-c2ccccc2)c1F)C1(F)COC1. The van der Waals surface area contributed by atoms with Crippen molar-refractivity contribution >= 4 is 15.9 Å². The first-order valence-electron chi connectivity index (χ1n) is 11.1. The molecule has 1 saturated carbocycles. The highest BCUT2D eigenvalue weighted by Crippen LogP contribution is 2.56. The number of benzene rings is 2. The minimum atomic E-state index is -4.26. The fraction of sp³-hybridized carbons (Fsp3) is 0.458. The van der Waals surface area contributed by atoms with Crippen molar-refractivity contribution in [2.24, 2.45) is 5.41 Å². The number of ether oxygens (including phenoxy) is 1. The molecule has 1 N–H and O–H groups in total.